The van der Waals surface area contributed by atoms with Gasteiger partial charge in [-0.15, -0.1) is 0 Å². The minimum Gasteiger partial charge on any atom is -0.462 e. The van der Waals surface area contributed by atoms with Crippen molar-refractivity contribution < 1.29 is 14.3 Å². The van der Waals surface area contributed by atoms with Crippen LogP contribution < -0.4 is 0 Å². The van der Waals surface area contributed by atoms with Crippen LogP contribution in [0.2, 0.25) is 0 Å². The van der Waals surface area contributed by atoms with Crippen molar-refractivity contribution in [2.24, 2.45) is 0 Å². The lowest BCUT2D eigenvalue weighted by Gasteiger charge is -2.15. The molecule has 0 bridgehead atoms. The molecule has 0 spiro atoms. The largest absolute Gasteiger partial charge is 0.462 e. The van der Waals surface area contributed by atoms with Crippen LogP contribution in [0.1, 0.15) is 104 Å². The van der Waals surface area contributed by atoms with Gasteiger partial charge in [0.25, 0.3) is 0 Å². The number of rotatable bonds is 15. The minimum absolute atomic E-state index is 0.0880. The number of hydrogen-bond acceptors (Lipinski definition) is 3. The molecule has 3 nitrogen and oxygen atoms in total. The van der Waals surface area contributed by atoms with E-state index in [9.17, 15) is 9.59 Å². The summed E-state index contributed by atoms with van der Waals surface area (Å²) in [6, 6.07) is 0. The summed E-state index contributed by atoms with van der Waals surface area (Å²) in [5.41, 5.74) is 0. The number of carbonyl (C=O) groups excluding carboxylic acids is 2. The van der Waals surface area contributed by atoms with Gasteiger partial charge in [0.2, 0.25) is 0 Å². The maximum atomic E-state index is 11.8. The van der Waals surface area contributed by atoms with Crippen molar-refractivity contribution in [2.45, 2.75) is 110 Å². The van der Waals surface area contributed by atoms with Crippen molar-refractivity contribution in [3.8, 4) is 0 Å². The monoisotopic (exact) mass is 312 g/mol. The molecule has 0 saturated carbocycles. The predicted octanol–water partition coefficient (Wildman–Crippen LogP) is 5.60. The van der Waals surface area contributed by atoms with E-state index in [0.29, 0.717) is 19.3 Å². The first-order chi connectivity index (χ1) is 10.6. The van der Waals surface area contributed by atoms with Gasteiger partial charge in [-0.25, -0.2) is 0 Å². The van der Waals surface area contributed by atoms with Gasteiger partial charge in [0.15, 0.2) is 0 Å². The summed E-state index contributed by atoms with van der Waals surface area (Å²) in [4.78, 5) is 22.7. The van der Waals surface area contributed by atoms with Crippen LogP contribution >= 0.6 is 0 Å². The summed E-state index contributed by atoms with van der Waals surface area (Å²) < 4.78 is 5.43. The summed E-state index contributed by atoms with van der Waals surface area (Å²) in [6.07, 6.45) is 13.6. The summed E-state index contributed by atoms with van der Waals surface area (Å²) in [5, 5.41) is 0. The van der Waals surface area contributed by atoms with E-state index in [4.69, 9.17) is 4.74 Å². The van der Waals surface area contributed by atoms with Crippen LogP contribution in [0.3, 0.4) is 0 Å². The molecular weight excluding hydrogens is 276 g/mol. The molecule has 0 rings (SSSR count). The molecule has 0 aliphatic rings. The zero-order chi connectivity index (χ0) is 16.6. The molecule has 0 fully saturated rings. The van der Waals surface area contributed by atoms with Crippen LogP contribution in [-0.2, 0) is 14.3 Å². The van der Waals surface area contributed by atoms with Crippen molar-refractivity contribution in [1.29, 1.82) is 0 Å². The number of esters is 1. The Morgan fingerprint density at radius 1 is 0.818 bits per heavy atom. The van der Waals surface area contributed by atoms with E-state index in [2.05, 4.69) is 6.92 Å². The number of unbranched alkanes of at least 4 members (excludes halogenated alkanes) is 8. The van der Waals surface area contributed by atoms with Gasteiger partial charge < -0.3 is 9.53 Å². The van der Waals surface area contributed by atoms with Crippen molar-refractivity contribution in [3.63, 3.8) is 0 Å². The highest BCUT2D eigenvalue weighted by Gasteiger charge is 2.13. The van der Waals surface area contributed by atoms with E-state index in [1.165, 1.54) is 44.9 Å². The smallest absolute Gasteiger partial charge is 0.306 e. The van der Waals surface area contributed by atoms with E-state index in [-0.39, 0.29) is 17.9 Å². The van der Waals surface area contributed by atoms with Gasteiger partial charge in [-0.3, -0.25) is 4.79 Å². The van der Waals surface area contributed by atoms with Crippen LogP contribution in [0.25, 0.3) is 0 Å². The average molecular weight is 312 g/mol. The molecule has 0 saturated heterocycles. The van der Waals surface area contributed by atoms with Gasteiger partial charge in [-0.2, -0.15) is 0 Å². The molecule has 0 radical (unpaired) electrons. The molecule has 0 amide bonds. The van der Waals surface area contributed by atoms with Crippen LogP contribution in [-0.4, -0.2) is 17.9 Å². The van der Waals surface area contributed by atoms with Gasteiger partial charge >= 0.3 is 5.97 Å². The van der Waals surface area contributed by atoms with Crippen molar-refractivity contribution in [3.05, 3.63) is 0 Å². The standard InChI is InChI=1S/C19H36O3/c1-4-6-7-8-9-10-11-12-13-14-19(21)22-18(5-2)16-15-17(3)20/h18H,4-16H2,1-3H3/t18-/m0/s1. The third kappa shape index (κ3) is 14.1. The summed E-state index contributed by atoms with van der Waals surface area (Å²) in [7, 11) is 0. The van der Waals surface area contributed by atoms with E-state index in [0.717, 1.165) is 19.3 Å². The molecule has 0 aliphatic heterocycles. The highest BCUT2D eigenvalue weighted by molar-refractivity contribution is 5.75. The maximum Gasteiger partial charge on any atom is 0.306 e. The van der Waals surface area contributed by atoms with Crippen molar-refractivity contribution >= 4 is 11.8 Å². The maximum absolute atomic E-state index is 11.8. The Balaban J connectivity index is 3.49. The van der Waals surface area contributed by atoms with E-state index in [1.807, 2.05) is 6.92 Å². The molecule has 22 heavy (non-hydrogen) atoms. The molecule has 0 N–H and O–H groups in total. The second-order valence-corrected chi connectivity index (χ2v) is 6.34. The zero-order valence-corrected chi connectivity index (χ0v) is 15.0. The Morgan fingerprint density at radius 2 is 1.36 bits per heavy atom. The lowest BCUT2D eigenvalue weighted by Crippen LogP contribution is -2.18. The average Bonchev–Trinajstić information content (AvgIpc) is 2.49. The van der Waals surface area contributed by atoms with Crippen molar-refractivity contribution in [2.75, 3.05) is 0 Å². The zero-order valence-electron chi connectivity index (χ0n) is 15.0. The Bertz CT molecular complexity index is 286. The molecule has 130 valence electrons. The number of Topliss-reactive ketones (excluding diaryl/α,β-unsaturated/α-hetero) is 1. The lowest BCUT2D eigenvalue weighted by molar-refractivity contribution is -0.150. The third-order valence-corrected chi connectivity index (χ3v) is 4.06. The van der Waals surface area contributed by atoms with Crippen LogP contribution in [0.15, 0.2) is 0 Å². The van der Waals surface area contributed by atoms with Crippen LogP contribution in [0, 0.1) is 0 Å². The molecule has 3 heteroatoms. The summed E-state index contributed by atoms with van der Waals surface area (Å²) in [5.74, 6) is 0.0618. The van der Waals surface area contributed by atoms with Gasteiger partial charge in [-0.1, -0.05) is 65.2 Å². The highest BCUT2D eigenvalue weighted by Crippen LogP contribution is 2.13. The quantitative estimate of drug-likeness (QED) is 0.292. The third-order valence-electron chi connectivity index (χ3n) is 4.06. The van der Waals surface area contributed by atoms with Crippen LogP contribution in [0.4, 0.5) is 0 Å². The van der Waals surface area contributed by atoms with Gasteiger partial charge in [-0.05, 0) is 26.2 Å². The molecule has 0 aromatic heterocycles. The first-order valence-corrected chi connectivity index (χ1v) is 9.29. The minimum atomic E-state index is -0.0988. The Labute approximate surface area is 137 Å². The summed E-state index contributed by atoms with van der Waals surface area (Å²) in [6.45, 7) is 5.82. The molecule has 0 aromatic rings. The normalized spacial score (nSPS) is 12.1. The number of ketones is 1. The molecule has 1 atom stereocenters. The predicted molar refractivity (Wildman–Crippen MR) is 91.9 cm³/mol. The lowest BCUT2D eigenvalue weighted by atomic mass is 10.1. The fourth-order valence-corrected chi connectivity index (χ4v) is 2.54. The first-order valence-electron chi connectivity index (χ1n) is 9.29. The topological polar surface area (TPSA) is 43.4 Å². The fourth-order valence-electron chi connectivity index (χ4n) is 2.54. The fraction of sp³-hybridized carbons (Fsp3) is 0.895. The van der Waals surface area contributed by atoms with Gasteiger partial charge in [0, 0.05) is 12.8 Å². The Kier molecular flexibility index (Phi) is 14.5. The second-order valence-electron chi connectivity index (χ2n) is 6.34. The molecule has 0 unspecified atom stereocenters. The molecule has 0 heterocycles. The van der Waals surface area contributed by atoms with Gasteiger partial charge in [0.05, 0.1) is 0 Å². The number of hydrogen-bond donors (Lipinski definition) is 0. The second kappa shape index (κ2) is 15.1. The SMILES string of the molecule is CCCCCCCCCCCC(=O)O[C@@H](CC)CCC(C)=O. The Hall–Kier alpha value is -0.860. The highest BCUT2D eigenvalue weighted by atomic mass is 16.5. The van der Waals surface area contributed by atoms with E-state index < -0.39 is 0 Å². The van der Waals surface area contributed by atoms with E-state index in [1.54, 1.807) is 6.92 Å². The molecule has 0 aliphatic carbocycles. The number of carbonyl (C=O) groups is 2. The molecule has 0 aromatic carbocycles. The van der Waals surface area contributed by atoms with E-state index >= 15 is 0 Å². The van der Waals surface area contributed by atoms with Crippen molar-refractivity contribution in [1.82, 2.24) is 0 Å². The Morgan fingerprint density at radius 3 is 1.86 bits per heavy atom. The summed E-state index contributed by atoms with van der Waals surface area (Å²) >= 11 is 0. The first kappa shape index (κ1) is 21.1. The van der Waals surface area contributed by atoms with Gasteiger partial charge in [0.1, 0.15) is 11.9 Å². The molecular formula is C19H36O3. The van der Waals surface area contributed by atoms with Crippen LogP contribution in [0.5, 0.6) is 0 Å². The number of ether oxygens (including phenoxy) is 1.